The van der Waals surface area contributed by atoms with E-state index < -0.39 is 0 Å². The van der Waals surface area contributed by atoms with E-state index in [1.54, 1.807) is 0 Å². The second-order valence-corrected chi connectivity index (χ2v) is 5.90. The summed E-state index contributed by atoms with van der Waals surface area (Å²) in [6.07, 6.45) is 8.80. The topological polar surface area (TPSA) is 15.3 Å². The molecule has 1 aliphatic heterocycles. The molecule has 1 saturated heterocycles. The summed E-state index contributed by atoms with van der Waals surface area (Å²) in [5.41, 5.74) is 0. The van der Waals surface area contributed by atoms with Crippen molar-refractivity contribution < 1.29 is 0 Å². The molecule has 3 rings (SSSR count). The van der Waals surface area contributed by atoms with Crippen molar-refractivity contribution in [1.29, 1.82) is 0 Å². The second-order valence-electron chi connectivity index (χ2n) is 5.90. The molecule has 0 aromatic carbocycles. The van der Waals surface area contributed by atoms with E-state index in [0.29, 0.717) is 0 Å². The molecule has 1 heterocycles. The fraction of sp³-hybridized carbons (Fsp3) is 1.00. The quantitative estimate of drug-likeness (QED) is 0.717. The number of rotatable bonds is 6. The maximum Gasteiger partial charge on any atom is 0.0195 e. The molecule has 86 valence electrons. The molecule has 2 nitrogen and oxygen atoms in total. The molecule has 2 saturated carbocycles. The molecule has 15 heavy (non-hydrogen) atoms. The monoisotopic (exact) mass is 208 g/mol. The average Bonchev–Trinajstić information content (AvgIpc) is 3.12. The average molecular weight is 208 g/mol. The van der Waals surface area contributed by atoms with Gasteiger partial charge in [0, 0.05) is 25.7 Å². The van der Waals surface area contributed by atoms with Crippen LogP contribution in [-0.2, 0) is 0 Å². The largest absolute Gasteiger partial charge is 0.313 e. The van der Waals surface area contributed by atoms with E-state index in [9.17, 15) is 0 Å². The summed E-state index contributed by atoms with van der Waals surface area (Å²) >= 11 is 0. The molecule has 0 spiro atoms. The van der Waals surface area contributed by atoms with Gasteiger partial charge in [0.25, 0.3) is 0 Å². The Kier molecular flexibility index (Phi) is 2.98. The molecule has 2 heteroatoms. The van der Waals surface area contributed by atoms with Gasteiger partial charge in [0.2, 0.25) is 0 Å². The van der Waals surface area contributed by atoms with Crippen molar-refractivity contribution in [2.45, 2.75) is 44.6 Å². The number of hydrogen-bond donors (Lipinski definition) is 1. The van der Waals surface area contributed by atoms with Crippen molar-refractivity contribution >= 4 is 0 Å². The van der Waals surface area contributed by atoms with E-state index in [1.807, 2.05) is 0 Å². The normalized spacial score (nSPS) is 31.4. The van der Waals surface area contributed by atoms with Crippen molar-refractivity contribution in [3.8, 4) is 0 Å². The molecule has 3 fully saturated rings. The molecule has 0 aromatic heterocycles. The van der Waals surface area contributed by atoms with Crippen LogP contribution in [0.5, 0.6) is 0 Å². The van der Waals surface area contributed by atoms with Crippen molar-refractivity contribution in [2.24, 2.45) is 11.8 Å². The van der Waals surface area contributed by atoms with Gasteiger partial charge in [0.1, 0.15) is 0 Å². The van der Waals surface area contributed by atoms with Crippen molar-refractivity contribution in [2.75, 3.05) is 26.2 Å². The Morgan fingerprint density at radius 2 is 1.53 bits per heavy atom. The highest BCUT2D eigenvalue weighted by atomic mass is 15.2. The summed E-state index contributed by atoms with van der Waals surface area (Å²) in [5.74, 6) is 2.12. The number of nitrogens with one attached hydrogen (secondary N) is 1. The zero-order valence-corrected chi connectivity index (χ0v) is 9.75. The minimum Gasteiger partial charge on any atom is -0.313 e. The minimum absolute atomic E-state index is 0.808. The van der Waals surface area contributed by atoms with Crippen LogP contribution in [0.4, 0.5) is 0 Å². The highest BCUT2D eigenvalue weighted by Crippen LogP contribution is 2.33. The van der Waals surface area contributed by atoms with Crippen LogP contribution in [0.3, 0.4) is 0 Å². The van der Waals surface area contributed by atoms with Gasteiger partial charge in [0.05, 0.1) is 0 Å². The molecule has 0 unspecified atom stereocenters. The lowest BCUT2D eigenvalue weighted by Gasteiger charge is -2.25. The van der Waals surface area contributed by atoms with Gasteiger partial charge in [-0.05, 0) is 56.9 Å². The van der Waals surface area contributed by atoms with Gasteiger partial charge in [-0.2, -0.15) is 0 Å². The SMILES string of the molecule is C1CN[C@H](CN(CC2CC2)CC2CC2)C1. The van der Waals surface area contributed by atoms with Crippen LogP contribution in [0.25, 0.3) is 0 Å². The molecule has 3 aliphatic rings. The Labute approximate surface area is 93.4 Å². The van der Waals surface area contributed by atoms with E-state index in [4.69, 9.17) is 0 Å². The zero-order valence-electron chi connectivity index (χ0n) is 9.75. The van der Waals surface area contributed by atoms with E-state index in [1.165, 1.54) is 64.7 Å². The van der Waals surface area contributed by atoms with Crippen LogP contribution >= 0.6 is 0 Å². The van der Waals surface area contributed by atoms with Crippen LogP contribution < -0.4 is 5.32 Å². The van der Waals surface area contributed by atoms with Crippen molar-refractivity contribution in [3.05, 3.63) is 0 Å². The van der Waals surface area contributed by atoms with Crippen LogP contribution in [0.2, 0.25) is 0 Å². The summed E-state index contributed by atoms with van der Waals surface area (Å²) in [6.45, 7) is 5.38. The summed E-state index contributed by atoms with van der Waals surface area (Å²) in [5, 5.41) is 3.63. The Morgan fingerprint density at radius 1 is 0.867 bits per heavy atom. The smallest absolute Gasteiger partial charge is 0.0195 e. The Morgan fingerprint density at radius 3 is 2.00 bits per heavy atom. The fourth-order valence-electron chi connectivity index (χ4n) is 2.78. The lowest BCUT2D eigenvalue weighted by Crippen LogP contribution is -2.39. The number of nitrogens with zero attached hydrogens (tertiary/aromatic N) is 1. The molecule has 1 N–H and O–H groups in total. The molecule has 0 aromatic rings. The van der Waals surface area contributed by atoms with Gasteiger partial charge in [-0.3, -0.25) is 0 Å². The van der Waals surface area contributed by atoms with Gasteiger partial charge in [-0.25, -0.2) is 0 Å². The van der Waals surface area contributed by atoms with Gasteiger partial charge in [-0.1, -0.05) is 0 Å². The zero-order chi connectivity index (χ0) is 10.1. The third-order valence-electron chi connectivity index (χ3n) is 4.07. The van der Waals surface area contributed by atoms with Crippen LogP contribution in [-0.4, -0.2) is 37.1 Å². The third kappa shape index (κ3) is 3.18. The lowest BCUT2D eigenvalue weighted by molar-refractivity contribution is 0.231. The van der Waals surface area contributed by atoms with Crippen molar-refractivity contribution in [3.63, 3.8) is 0 Å². The third-order valence-corrected chi connectivity index (χ3v) is 4.07. The molecular weight excluding hydrogens is 184 g/mol. The van der Waals surface area contributed by atoms with Gasteiger partial charge < -0.3 is 10.2 Å². The first kappa shape index (κ1) is 10.1. The van der Waals surface area contributed by atoms with Crippen LogP contribution in [0.15, 0.2) is 0 Å². The molecule has 2 aliphatic carbocycles. The predicted octanol–water partition coefficient (Wildman–Crippen LogP) is 1.86. The fourth-order valence-corrected chi connectivity index (χ4v) is 2.78. The van der Waals surface area contributed by atoms with Crippen LogP contribution in [0.1, 0.15) is 38.5 Å². The second kappa shape index (κ2) is 4.42. The molecule has 0 bridgehead atoms. The van der Waals surface area contributed by atoms with E-state index in [0.717, 1.165) is 17.9 Å². The first-order valence-corrected chi connectivity index (χ1v) is 6.86. The summed E-state index contributed by atoms with van der Waals surface area (Å²) in [6, 6.07) is 0.808. The lowest BCUT2D eigenvalue weighted by atomic mass is 10.2. The van der Waals surface area contributed by atoms with Gasteiger partial charge in [0.15, 0.2) is 0 Å². The van der Waals surface area contributed by atoms with E-state index in [2.05, 4.69) is 10.2 Å². The summed E-state index contributed by atoms with van der Waals surface area (Å²) in [7, 11) is 0. The predicted molar refractivity (Wildman–Crippen MR) is 62.9 cm³/mol. The number of hydrogen-bond acceptors (Lipinski definition) is 2. The van der Waals surface area contributed by atoms with Gasteiger partial charge in [-0.15, -0.1) is 0 Å². The standard InChI is InChI=1S/C13H24N2/c1-2-13(14-7-1)10-15(8-11-3-4-11)9-12-5-6-12/h11-14H,1-10H2/t13-/m0/s1. The Hall–Kier alpha value is -0.0800. The van der Waals surface area contributed by atoms with E-state index >= 15 is 0 Å². The first-order chi connectivity index (χ1) is 7.40. The minimum atomic E-state index is 0.808. The van der Waals surface area contributed by atoms with E-state index in [-0.39, 0.29) is 0 Å². The summed E-state index contributed by atoms with van der Waals surface area (Å²) < 4.78 is 0. The Bertz CT molecular complexity index is 189. The molecule has 0 radical (unpaired) electrons. The molecular formula is C13H24N2. The van der Waals surface area contributed by atoms with Crippen molar-refractivity contribution in [1.82, 2.24) is 10.2 Å². The maximum atomic E-state index is 3.63. The highest BCUT2D eigenvalue weighted by molar-refractivity contribution is 4.85. The highest BCUT2D eigenvalue weighted by Gasteiger charge is 2.30. The molecule has 1 atom stereocenters. The maximum absolute atomic E-state index is 3.63. The Balaban J connectivity index is 1.45. The summed E-state index contributed by atoms with van der Waals surface area (Å²) in [4.78, 5) is 2.76. The molecule has 0 amide bonds. The first-order valence-electron chi connectivity index (χ1n) is 6.86. The van der Waals surface area contributed by atoms with Gasteiger partial charge >= 0.3 is 0 Å². The van der Waals surface area contributed by atoms with Crippen LogP contribution in [0, 0.1) is 11.8 Å².